The van der Waals surface area contributed by atoms with Crippen LogP contribution < -0.4 is 0 Å². The second kappa shape index (κ2) is 31.5. The minimum atomic E-state index is -1.70. The molecule has 4 saturated heterocycles. The summed E-state index contributed by atoms with van der Waals surface area (Å²) in [5, 5.41) is 3.73. The van der Waals surface area contributed by atoms with E-state index in [1.165, 1.54) is 0 Å². The standard InChI is InChI=1S/C70H71N3O17/c1-45-55(78-41-47-25-10-3-11-26-47)58(79-42-48-27-12-4-13-28-48)62(69(82-45)89-61-59(80-43-49-29-14-5-15-30-49)57-54(84-68(61)77-40-24-39-72-73-71)44-81-67(88-57)53-37-22-9-23-38-53)90-70-63(87-66(76)52-35-20-8-21-36-52)60(86-65(75)51-33-18-7-19-34-51)56(46(2)83-70)85-64(74)50-31-16-6-17-32-50/h3-23,25-38,45-46,54-63,67-70H,24,39-44H2,1-2H3/t45-,46-,54+,55-,56-,57-,58+,59-,60+,61+,62+,63+,67?,68+,69-,70-/m0/s1. The number of nitrogens with zero attached hydrogens (tertiary/aromatic N) is 3. The van der Waals surface area contributed by atoms with E-state index in [4.69, 9.17) is 66.3 Å². The summed E-state index contributed by atoms with van der Waals surface area (Å²) in [6, 6.07) is 63.1. The summed E-state index contributed by atoms with van der Waals surface area (Å²) in [7, 11) is 0. The molecule has 0 bridgehead atoms. The molecule has 20 heteroatoms. The lowest BCUT2D eigenvalue weighted by atomic mass is 9.95. The second-order valence-electron chi connectivity index (χ2n) is 22.0. The van der Waals surface area contributed by atoms with Crippen LogP contribution in [-0.4, -0.2) is 130 Å². The van der Waals surface area contributed by atoms with E-state index < -0.39 is 116 Å². The lowest BCUT2D eigenvalue weighted by Crippen LogP contribution is -2.68. The molecule has 0 aromatic heterocycles. The summed E-state index contributed by atoms with van der Waals surface area (Å²) < 4.78 is 95.7. The van der Waals surface area contributed by atoms with Crippen LogP contribution in [0.5, 0.6) is 0 Å². The predicted octanol–water partition coefficient (Wildman–Crippen LogP) is 11.2. The number of hydrogen-bond acceptors (Lipinski definition) is 18. The van der Waals surface area contributed by atoms with Crippen LogP contribution in [0, 0.1) is 0 Å². The van der Waals surface area contributed by atoms with Gasteiger partial charge < -0.3 is 66.3 Å². The third kappa shape index (κ3) is 16.2. The van der Waals surface area contributed by atoms with Gasteiger partial charge in [-0.3, -0.25) is 0 Å². The Morgan fingerprint density at radius 1 is 0.444 bits per heavy atom. The van der Waals surface area contributed by atoms with Crippen molar-refractivity contribution in [1.82, 2.24) is 0 Å². The van der Waals surface area contributed by atoms with Crippen LogP contribution >= 0.6 is 0 Å². The zero-order chi connectivity index (χ0) is 62.0. The molecule has 7 aromatic carbocycles. The zero-order valence-electron chi connectivity index (χ0n) is 49.7. The van der Waals surface area contributed by atoms with E-state index in [1.807, 2.05) is 128 Å². The monoisotopic (exact) mass is 1230 g/mol. The summed E-state index contributed by atoms with van der Waals surface area (Å²) >= 11 is 0. The Balaban J connectivity index is 1.03. The van der Waals surface area contributed by atoms with Crippen molar-refractivity contribution in [1.29, 1.82) is 0 Å². The molecule has 90 heavy (non-hydrogen) atoms. The van der Waals surface area contributed by atoms with Gasteiger partial charge in [-0.25, -0.2) is 14.4 Å². The lowest BCUT2D eigenvalue weighted by Gasteiger charge is -2.52. The van der Waals surface area contributed by atoms with Crippen molar-refractivity contribution in [3.63, 3.8) is 0 Å². The molecule has 4 aliphatic rings. The lowest BCUT2D eigenvalue weighted by molar-refractivity contribution is -0.410. The van der Waals surface area contributed by atoms with Crippen LogP contribution in [0.4, 0.5) is 0 Å². The highest BCUT2D eigenvalue weighted by Gasteiger charge is 2.59. The number of hydrogen-bond donors (Lipinski definition) is 0. The Morgan fingerprint density at radius 3 is 1.36 bits per heavy atom. The van der Waals surface area contributed by atoms with Crippen molar-refractivity contribution in [2.24, 2.45) is 5.11 Å². The minimum Gasteiger partial charge on any atom is -0.452 e. The van der Waals surface area contributed by atoms with Crippen molar-refractivity contribution in [3.8, 4) is 0 Å². The molecule has 0 aliphatic carbocycles. The van der Waals surface area contributed by atoms with Crippen LogP contribution in [0.25, 0.3) is 10.4 Å². The fourth-order valence-corrected chi connectivity index (χ4v) is 11.2. The van der Waals surface area contributed by atoms with Gasteiger partial charge in [0, 0.05) is 23.6 Å². The Morgan fingerprint density at radius 2 is 0.856 bits per heavy atom. The summed E-state index contributed by atoms with van der Waals surface area (Å²) in [5.74, 6) is -2.43. The van der Waals surface area contributed by atoms with Crippen molar-refractivity contribution in [3.05, 3.63) is 262 Å². The highest BCUT2D eigenvalue weighted by atomic mass is 16.8. The number of carbonyl (C=O) groups excluding carboxylic acids is 3. The van der Waals surface area contributed by atoms with Crippen LogP contribution in [-0.2, 0) is 86.1 Å². The number of ether oxygens (including phenoxy) is 14. The Hall–Kier alpha value is -8.18. The van der Waals surface area contributed by atoms with E-state index in [2.05, 4.69) is 10.0 Å². The second-order valence-corrected chi connectivity index (χ2v) is 22.0. The molecule has 0 spiro atoms. The fourth-order valence-electron chi connectivity index (χ4n) is 11.2. The molecule has 7 aromatic rings. The first kappa shape index (κ1) is 63.4. The zero-order valence-corrected chi connectivity index (χ0v) is 49.7. The molecular weight excluding hydrogens is 1150 g/mol. The van der Waals surface area contributed by atoms with Gasteiger partial charge in [0.1, 0.15) is 42.7 Å². The van der Waals surface area contributed by atoms with Crippen LogP contribution in [0.2, 0.25) is 0 Å². The van der Waals surface area contributed by atoms with Gasteiger partial charge in [0.15, 0.2) is 43.5 Å². The van der Waals surface area contributed by atoms with Gasteiger partial charge in [-0.05, 0) is 78.9 Å². The number of carbonyl (C=O) groups is 3. The first-order valence-corrected chi connectivity index (χ1v) is 30.1. The van der Waals surface area contributed by atoms with Gasteiger partial charge in [0.2, 0.25) is 0 Å². The molecule has 11 rings (SSSR count). The molecule has 4 aliphatic heterocycles. The van der Waals surface area contributed by atoms with Crippen LogP contribution in [0.1, 0.15) is 79.9 Å². The Kier molecular flexibility index (Phi) is 22.2. The number of rotatable bonds is 25. The van der Waals surface area contributed by atoms with Gasteiger partial charge in [0.05, 0.1) is 55.3 Å². The molecule has 16 atom stereocenters. The largest absolute Gasteiger partial charge is 0.452 e. The van der Waals surface area contributed by atoms with Crippen LogP contribution in [0.15, 0.2) is 217 Å². The molecular formula is C70H71N3O17. The maximum absolute atomic E-state index is 14.7. The van der Waals surface area contributed by atoms with Gasteiger partial charge in [-0.1, -0.05) is 181 Å². The molecule has 0 amide bonds. The number of benzene rings is 7. The van der Waals surface area contributed by atoms with Crippen LogP contribution in [0.3, 0.4) is 0 Å². The molecule has 0 N–H and O–H groups in total. The van der Waals surface area contributed by atoms with Gasteiger partial charge in [-0.2, -0.15) is 0 Å². The Bertz CT molecular complexity index is 3400. The minimum absolute atomic E-state index is 0.0317. The highest BCUT2D eigenvalue weighted by molar-refractivity contribution is 5.91. The van der Waals surface area contributed by atoms with E-state index in [9.17, 15) is 19.9 Å². The summed E-state index contributed by atoms with van der Waals surface area (Å²) in [6.45, 7) is 3.98. The predicted molar refractivity (Wildman–Crippen MR) is 324 cm³/mol. The molecule has 468 valence electrons. The first-order chi connectivity index (χ1) is 44.2. The molecule has 4 fully saturated rings. The fraction of sp³-hybridized carbons (Fsp3) is 0.357. The summed E-state index contributed by atoms with van der Waals surface area (Å²) in [5.41, 5.74) is 13.0. The van der Waals surface area contributed by atoms with E-state index in [0.29, 0.717) is 6.42 Å². The molecule has 1 unspecified atom stereocenters. The normalized spacial score (nSPS) is 28.1. The van der Waals surface area contributed by atoms with Crippen molar-refractivity contribution < 1.29 is 80.7 Å². The third-order valence-electron chi connectivity index (χ3n) is 15.8. The SMILES string of the molecule is C[C@@H]1O[C@@H](O[C@H]2[C@H](OCCCN=[N+]=[N-])O[C@@H]3COC(c4ccccc4)O[C@@H]3[C@@H]2OCc2ccccc2)[C@H](O[C@@H]2O[C@@H](C)[C@H](OC(=O)c3ccccc3)[C@@H](OC(=O)c3ccccc3)[C@H]2OC(=O)c2ccccc2)[C@H](OCc2ccccc2)[C@H]1OCc1ccccc1. The number of esters is 3. The van der Waals surface area contributed by atoms with Crippen molar-refractivity contribution in [2.45, 2.75) is 138 Å². The number of fused-ring (bicyclic) bond motifs is 1. The maximum atomic E-state index is 14.7. The topological polar surface area (TPSA) is 229 Å². The first-order valence-electron chi connectivity index (χ1n) is 30.1. The van der Waals surface area contributed by atoms with Gasteiger partial charge in [0.25, 0.3) is 0 Å². The highest BCUT2D eigenvalue weighted by Crippen LogP contribution is 2.41. The van der Waals surface area contributed by atoms with E-state index >= 15 is 0 Å². The summed E-state index contributed by atoms with van der Waals surface area (Å²) in [6.07, 6.45) is -18.9. The maximum Gasteiger partial charge on any atom is 0.338 e. The average molecular weight is 1230 g/mol. The molecule has 20 nitrogen and oxygen atoms in total. The Labute approximate surface area is 521 Å². The molecule has 4 heterocycles. The quantitative estimate of drug-likeness (QED) is 0.0129. The molecule has 0 radical (unpaired) electrons. The van der Waals surface area contributed by atoms with E-state index in [-0.39, 0.29) is 56.3 Å². The summed E-state index contributed by atoms with van der Waals surface area (Å²) in [4.78, 5) is 46.3. The van der Waals surface area contributed by atoms with E-state index in [0.717, 1.165) is 22.3 Å². The van der Waals surface area contributed by atoms with Gasteiger partial charge >= 0.3 is 17.9 Å². The smallest absolute Gasteiger partial charge is 0.338 e. The third-order valence-corrected chi connectivity index (χ3v) is 15.8. The van der Waals surface area contributed by atoms with Crippen molar-refractivity contribution in [2.75, 3.05) is 19.8 Å². The number of azide groups is 1. The molecule has 0 saturated carbocycles. The van der Waals surface area contributed by atoms with Gasteiger partial charge in [-0.15, -0.1) is 0 Å². The van der Waals surface area contributed by atoms with Crippen molar-refractivity contribution >= 4 is 17.9 Å². The van der Waals surface area contributed by atoms with E-state index in [1.54, 1.807) is 97.9 Å². The average Bonchev–Trinajstić information content (AvgIpc) is 0.824.